The third-order valence-corrected chi connectivity index (χ3v) is 6.04. The highest BCUT2D eigenvalue weighted by Crippen LogP contribution is 2.36. The molecule has 0 spiro atoms. The van der Waals surface area contributed by atoms with E-state index in [1.807, 2.05) is 51.3 Å². The number of amides is 1. The lowest BCUT2D eigenvalue weighted by Crippen LogP contribution is -2.28. The van der Waals surface area contributed by atoms with Gasteiger partial charge in [-0.15, -0.1) is 0 Å². The fourth-order valence-electron chi connectivity index (χ4n) is 3.60. The van der Waals surface area contributed by atoms with Crippen molar-refractivity contribution in [3.8, 4) is 5.75 Å². The molecule has 170 valence electrons. The second-order valence-electron chi connectivity index (χ2n) is 8.11. The van der Waals surface area contributed by atoms with Crippen LogP contribution in [-0.4, -0.2) is 22.1 Å². The monoisotopic (exact) mass is 482 g/mol. The number of nitrogens with zero attached hydrogens (tertiary/aromatic N) is 3. The molecule has 1 aromatic carbocycles. The predicted molar refractivity (Wildman–Crippen MR) is 133 cm³/mol. The molecule has 0 fully saturated rings. The third-order valence-electron chi connectivity index (χ3n) is 5.35. The fourth-order valence-corrected chi connectivity index (χ4v) is 4.04. The molecule has 1 aliphatic heterocycles. The molecule has 0 saturated heterocycles. The number of allylic oxidation sites excluding steroid dienone is 1. The molecule has 4 rings (SSSR count). The van der Waals surface area contributed by atoms with E-state index in [-0.39, 0.29) is 25.0 Å². The maximum absolute atomic E-state index is 12.0. The molecule has 1 amide bonds. The number of halogens is 2. The van der Waals surface area contributed by atoms with Crippen LogP contribution in [-0.2, 0) is 17.9 Å². The standard InChI is InChI=1S/C25H24Cl2N4O2/c1-14(2)25(32)30-12-21-18(19(26)7-9-28-21)13-33-22-6-4-5-16-17(11-15(3)31-24(16)22)23-20(27)8-10-29-23/h4-7,9-11,14H,8,12-13H2,1-3H3,(H,30,32). The molecular weight excluding hydrogens is 459 g/mol. The molecule has 1 aliphatic rings. The van der Waals surface area contributed by atoms with Crippen molar-refractivity contribution in [3.05, 3.63) is 69.1 Å². The minimum atomic E-state index is -0.115. The summed E-state index contributed by atoms with van der Waals surface area (Å²) in [5.74, 6) is 0.455. The SMILES string of the molecule is Cc1cc(C2=C(Cl)CC=N2)c2cccc(OCc3c(Cl)ccnc3CNC(=O)C(C)C)c2n1. The molecule has 8 heteroatoms. The van der Waals surface area contributed by atoms with Gasteiger partial charge in [0.1, 0.15) is 17.9 Å². The van der Waals surface area contributed by atoms with Crippen LogP contribution < -0.4 is 10.1 Å². The maximum atomic E-state index is 12.0. The number of benzene rings is 1. The minimum Gasteiger partial charge on any atom is -0.486 e. The van der Waals surface area contributed by atoms with Crippen molar-refractivity contribution in [1.82, 2.24) is 15.3 Å². The van der Waals surface area contributed by atoms with Crippen molar-refractivity contribution in [2.75, 3.05) is 0 Å². The lowest BCUT2D eigenvalue weighted by molar-refractivity contribution is -0.124. The van der Waals surface area contributed by atoms with Gasteiger partial charge in [-0.3, -0.25) is 14.8 Å². The lowest BCUT2D eigenvalue weighted by Gasteiger charge is -2.15. The molecular formula is C25H24Cl2N4O2. The van der Waals surface area contributed by atoms with Crippen molar-refractivity contribution in [2.24, 2.45) is 10.9 Å². The Balaban J connectivity index is 1.65. The molecule has 0 unspecified atom stereocenters. The van der Waals surface area contributed by atoms with Gasteiger partial charge in [0.2, 0.25) is 5.91 Å². The Labute approximate surface area is 202 Å². The molecule has 0 atom stereocenters. The quantitative estimate of drug-likeness (QED) is 0.459. The van der Waals surface area contributed by atoms with E-state index in [9.17, 15) is 4.79 Å². The van der Waals surface area contributed by atoms with E-state index in [4.69, 9.17) is 32.9 Å². The first-order valence-corrected chi connectivity index (χ1v) is 11.5. The maximum Gasteiger partial charge on any atom is 0.222 e. The zero-order chi connectivity index (χ0) is 23.5. The van der Waals surface area contributed by atoms with Crippen LogP contribution in [0.5, 0.6) is 5.75 Å². The number of rotatable bonds is 7. The number of carbonyl (C=O) groups excluding carboxylic acids is 1. The van der Waals surface area contributed by atoms with Gasteiger partial charge in [-0.25, -0.2) is 4.98 Å². The largest absolute Gasteiger partial charge is 0.486 e. The number of pyridine rings is 2. The first kappa shape index (κ1) is 23.2. The number of aromatic nitrogens is 2. The summed E-state index contributed by atoms with van der Waals surface area (Å²) >= 11 is 12.9. The summed E-state index contributed by atoms with van der Waals surface area (Å²) in [6.45, 7) is 6.08. The molecule has 6 nitrogen and oxygen atoms in total. The van der Waals surface area contributed by atoms with Gasteiger partial charge >= 0.3 is 0 Å². The number of fused-ring (bicyclic) bond motifs is 1. The van der Waals surface area contributed by atoms with Gasteiger partial charge in [-0.2, -0.15) is 0 Å². The summed E-state index contributed by atoms with van der Waals surface area (Å²) in [5, 5.41) is 5.03. The van der Waals surface area contributed by atoms with E-state index in [0.29, 0.717) is 27.9 Å². The molecule has 33 heavy (non-hydrogen) atoms. The number of aliphatic imine (C=N–C) groups is 1. The second kappa shape index (κ2) is 9.89. The van der Waals surface area contributed by atoms with E-state index in [2.05, 4.69) is 15.3 Å². The van der Waals surface area contributed by atoms with Crippen molar-refractivity contribution < 1.29 is 9.53 Å². The Kier molecular flexibility index (Phi) is 6.96. The molecule has 0 radical (unpaired) electrons. The Morgan fingerprint density at radius 1 is 1.24 bits per heavy atom. The van der Waals surface area contributed by atoms with Crippen molar-refractivity contribution in [3.63, 3.8) is 0 Å². The second-order valence-corrected chi connectivity index (χ2v) is 8.98. The van der Waals surface area contributed by atoms with Gasteiger partial charge < -0.3 is 10.1 Å². The van der Waals surface area contributed by atoms with Crippen molar-refractivity contribution >= 4 is 51.9 Å². The highest BCUT2D eigenvalue weighted by Gasteiger charge is 2.18. The molecule has 3 heterocycles. The average Bonchev–Trinajstić information content (AvgIpc) is 3.21. The Morgan fingerprint density at radius 3 is 2.79 bits per heavy atom. The van der Waals surface area contributed by atoms with Gasteiger partial charge in [0.25, 0.3) is 0 Å². The van der Waals surface area contributed by atoms with E-state index >= 15 is 0 Å². The number of ether oxygens (including phenoxy) is 1. The van der Waals surface area contributed by atoms with Crippen LogP contribution >= 0.6 is 23.2 Å². The van der Waals surface area contributed by atoms with E-state index in [1.165, 1.54) is 0 Å². The summed E-state index contributed by atoms with van der Waals surface area (Å²) in [4.78, 5) is 25.6. The molecule has 0 saturated carbocycles. The van der Waals surface area contributed by atoms with E-state index in [0.717, 1.165) is 33.4 Å². The number of carbonyl (C=O) groups is 1. The highest BCUT2D eigenvalue weighted by atomic mass is 35.5. The van der Waals surface area contributed by atoms with Crippen LogP contribution in [0.3, 0.4) is 0 Å². The Morgan fingerprint density at radius 2 is 2.06 bits per heavy atom. The van der Waals surface area contributed by atoms with Gasteiger partial charge in [0.05, 0.1) is 23.0 Å². The summed E-state index contributed by atoms with van der Waals surface area (Å²) in [6.07, 6.45) is 4.06. The molecule has 0 bridgehead atoms. The predicted octanol–water partition coefficient (Wildman–Crippen LogP) is 5.82. The summed E-state index contributed by atoms with van der Waals surface area (Å²) in [5.41, 5.74) is 4.64. The van der Waals surface area contributed by atoms with Crippen LogP contribution in [0.25, 0.3) is 16.6 Å². The van der Waals surface area contributed by atoms with Crippen LogP contribution in [0.1, 0.15) is 42.8 Å². The van der Waals surface area contributed by atoms with Crippen molar-refractivity contribution in [2.45, 2.75) is 40.3 Å². The number of aryl methyl sites for hydroxylation is 1. The van der Waals surface area contributed by atoms with Gasteiger partial charge in [-0.1, -0.05) is 49.2 Å². The Bertz CT molecular complexity index is 1280. The number of hydrogen-bond donors (Lipinski definition) is 1. The van der Waals surface area contributed by atoms with Crippen LogP contribution in [0.15, 0.2) is 46.6 Å². The zero-order valence-electron chi connectivity index (χ0n) is 18.7. The molecule has 1 N–H and O–H groups in total. The minimum absolute atomic E-state index is 0.0487. The van der Waals surface area contributed by atoms with E-state index in [1.54, 1.807) is 12.3 Å². The van der Waals surface area contributed by atoms with Gasteiger partial charge in [0, 0.05) is 52.0 Å². The summed E-state index contributed by atoms with van der Waals surface area (Å²) in [6, 6.07) is 9.47. The first-order valence-electron chi connectivity index (χ1n) is 10.7. The van der Waals surface area contributed by atoms with Crippen LogP contribution in [0, 0.1) is 12.8 Å². The molecule has 3 aromatic rings. The number of para-hydroxylation sites is 1. The normalized spacial score (nSPS) is 13.3. The number of nitrogens with one attached hydrogen (secondary N) is 1. The third kappa shape index (κ3) is 5.02. The fraction of sp³-hybridized carbons (Fsp3) is 0.280. The van der Waals surface area contributed by atoms with Gasteiger partial charge in [-0.05, 0) is 25.1 Å². The molecule has 0 aliphatic carbocycles. The van der Waals surface area contributed by atoms with Crippen LogP contribution in [0.2, 0.25) is 5.02 Å². The van der Waals surface area contributed by atoms with Crippen LogP contribution in [0.4, 0.5) is 0 Å². The van der Waals surface area contributed by atoms with Crippen molar-refractivity contribution in [1.29, 1.82) is 0 Å². The van der Waals surface area contributed by atoms with E-state index < -0.39 is 0 Å². The lowest BCUT2D eigenvalue weighted by atomic mass is 10.0. The summed E-state index contributed by atoms with van der Waals surface area (Å²) in [7, 11) is 0. The zero-order valence-corrected chi connectivity index (χ0v) is 20.2. The number of hydrogen-bond acceptors (Lipinski definition) is 5. The first-order chi connectivity index (χ1) is 15.8. The molecule has 2 aromatic heterocycles. The average molecular weight is 483 g/mol. The topological polar surface area (TPSA) is 76.5 Å². The smallest absolute Gasteiger partial charge is 0.222 e. The highest BCUT2D eigenvalue weighted by molar-refractivity contribution is 6.35. The Hall–Kier alpha value is -2.96. The van der Waals surface area contributed by atoms with Gasteiger partial charge in [0.15, 0.2) is 0 Å². The summed E-state index contributed by atoms with van der Waals surface area (Å²) < 4.78 is 6.19.